The SMILES string of the molecule is [CH2-]C.[CH]1[CH][CH][CH][CH]1.[CH]1[CH][CH][CH][CH]1.[CH]1[CH][CH][CH][CH]1.[Ni+2].[Ni].[Ni]. The zero-order valence-corrected chi connectivity index (χ0v) is 14.3. The van der Waals surface area contributed by atoms with Gasteiger partial charge in [-0.15, -0.1) is 0 Å². The van der Waals surface area contributed by atoms with Crippen LogP contribution in [-0.4, -0.2) is 0 Å². The van der Waals surface area contributed by atoms with Gasteiger partial charge in [-0.05, 0) is 96.3 Å². The first-order chi connectivity index (χ1) is 8.50. The van der Waals surface area contributed by atoms with Gasteiger partial charge in [0.2, 0.25) is 0 Å². The van der Waals surface area contributed by atoms with E-state index in [1.165, 1.54) is 0 Å². The normalized spacial score (nSPS) is 18.3. The fraction of sp³-hybridized carbons (Fsp3) is 0.0588. The Kier molecular flexibility index (Phi) is 42.2. The summed E-state index contributed by atoms with van der Waals surface area (Å²) in [6.07, 6.45) is 30.0. The van der Waals surface area contributed by atoms with Crippen molar-refractivity contribution in [2.24, 2.45) is 0 Å². The molecule has 0 unspecified atom stereocenters. The standard InChI is InChI=1S/3C5H5.C2H5.3Ni/c3*1-2-4-5-3-1;1-2;;;/h3*1-5H;1H2,2H3;;;/q;;;-1;;;+2. The van der Waals surface area contributed by atoms with E-state index in [1.807, 2.05) is 96.3 Å². The first-order valence-electron chi connectivity index (χ1n) is 5.71. The molecule has 0 spiro atoms. The monoisotopic (exact) mass is 398 g/mol. The van der Waals surface area contributed by atoms with Crippen LogP contribution >= 0.6 is 0 Å². The minimum Gasteiger partial charge on any atom is -0.346 e. The van der Waals surface area contributed by atoms with Crippen molar-refractivity contribution in [3.05, 3.63) is 103 Å². The molecule has 0 bridgehead atoms. The topological polar surface area (TPSA) is 0 Å². The number of rotatable bonds is 0. The minimum absolute atomic E-state index is 0. The van der Waals surface area contributed by atoms with E-state index in [2.05, 4.69) is 6.92 Å². The molecule has 0 aromatic heterocycles. The van der Waals surface area contributed by atoms with Crippen LogP contribution in [0.5, 0.6) is 0 Å². The molecule has 3 heteroatoms. The maximum absolute atomic E-state index is 3.25. The van der Waals surface area contributed by atoms with E-state index in [4.69, 9.17) is 0 Å². The van der Waals surface area contributed by atoms with E-state index in [9.17, 15) is 0 Å². The van der Waals surface area contributed by atoms with Crippen molar-refractivity contribution >= 4 is 0 Å². The molecule has 0 amide bonds. The van der Waals surface area contributed by atoms with E-state index in [-0.39, 0.29) is 49.5 Å². The van der Waals surface area contributed by atoms with Gasteiger partial charge in [0.25, 0.3) is 0 Å². The van der Waals surface area contributed by atoms with Gasteiger partial charge in [-0.1, -0.05) is 0 Å². The number of hydrogen-bond donors (Lipinski definition) is 0. The molecular formula is C17H20Ni3+. The zero-order chi connectivity index (χ0) is 12.6. The van der Waals surface area contributed by atoms with Crippen LogP contribution in [0.2, 0.25) is 0 Å². The molecule has 117 valence electrons. The van der Waals surface area contributed by atoms with Gasteiger partial charge in [-0.25, -0.2) is 0 Å². The molecule has 0 heterocycles. The molecule has 3 aliphatic carbocycles. The molecule has 0 aliphatic heterocycles. The second-order valence-electron chi connectivity index (χ2n) is 2.89. The molecule has 3 rings (SSSR count). The number of hydrogen-bond acceptors (Lipinski definition) is 0. The Balaban J connectivity index is -0.0000000844. The molecule has 3 saturated carbocycles. The zero-order valence-electron chi connectivity index (χ0n) is 11.3. The Morgan fingerprint density at radius 3 is 0.450 bits per heavy atom. The molecule has 3 fully saturated rings. The Morgan fingerprint density at radius 1 is 0.350 bits per heavy atom. The average molecular weight is 400 g/mol. The maximum Gasteiger partial charge on any atom is 2.00 e. The Bertz CT molecular complexity index is 70.8. The molecule has 0 saturated heterocycles. The average Bonchev–Trinajstić information content (AvgIpc) is 3.16. The summed E-state index contributed by atoms with van der Waals surface area (Å²) in [7, 11) is 0. The molecule has 0 aromatic rings. The van der Waals surface area contributed by atoms with E-state index in [0.29, 0.717) is 0 Å². The van der Waals surface area contributed by atoms with Crippen LogP contribution in [0.1, 0.15) is 6.92 Å². The van der Waals surface area contributed by atoms with Crippen molar-refractivity contribution in [3.63, 3.8) is 0 Å². The second-order valence-corrected chi connectivity index (χ2v) is 2.89. The van der Waals surface area contributed by atoms with Gasteiger partial charge in [0, 0.05) is 33.0 Å². The first-order valence-corrected chi connectivity index (χ1v) is 5.71. The Labute approximate surface area is 159 Å². The van der Waals surface area contributed by atoms with E-state index in [1.54, 1.807) is 6.92 Å². The fourth-order valence-electron chi connectivity index (χ4n) is 0.962. The molecule has 20 heavy (non-hydrogen) atoms. The van der Waals surface area contributed by atoms with E-state index in [0.717, 1.165) is 0 Å². The van der Waals surface area contributed by atoms with E-state index < -0.39 is 0 Å². The van der Waals surface area contributed by atoms with E-state index >= 15 is 0 Å². The van der Waals surface area contributed by atoms with Crippen LogP contribution in [0.3, 0.4) is 0 Å². The van der Waals surface area contributed by atoms with Crippen LogP contribution in [0.15, 0.2) is 0 Å². The van der Waals surface area contributed by atoms with Crippen molar-refractivity contribution in [3.8, 4) is 0 Å². The van der Waals surface area contributed by atoms with Crippen molar-refractivity contribution in [2.45, 2.75) is 6.92 Å². The van der Waals surface area contributed by atoms with Gasteiger partial charge in [0.1, 0.15) is 0 Å². The third-order valence-electron chi connectivity index (χ3n) is 1.67. The van der Waals surface area contributed by atoms with Crippen molar-refractivity contribution < 1.29 is 49.5 Å². The predicted molar refractivity (Wildman–Crippen MR) is 75.5 cm³/mol. The summed E-state index contributed by atoms with van der Waals surface area (Å²) < 4.78 is 0. The quantitative estimate of drug-likeness (QED) is 0.428. The Morgan fingerprint density at radius 2 is 0.400 bits per heavy atom. The van der Waals surface area contributed by atoms with Gasteiger partial charge in [-0.2, -0.15) is 6.92 Å². The summed E-state index contributed by atoms with van der Waals surface area (Å²) in [4.78, 5) is 0. The van der Waals surface area contributed by atoms with Gasteiger partial charge in [0.05, 0.1) is 0 Å². The molecular weight excluding hydrogens is 380 g/mol. The van der Waals surface area contributed by atoms with Crippen LogP contribution in [0.4, 0.5) is 0 Å². The Hall–Kier alpha value is 1.48. The van der Waals surface area contributed by atoms with Gasteiger partial charge in [0.15, 0.2) is 0 Å². The van der Waals surface area contributed by atoms with Crippen LogP contribution in [-0.2, 0) is 49.5 Å². The fourth-order valence-corrected chi connectivity index (χ4v) is 0.962. The van der Waals surface area contributed by atoms with Crippen molar-refractivity contribution in [1.82, 2.24) is 0 Å². The summed E-state index contributed by atoms with van der Waals surface area (Å²) in [6.45, 7) is 5.00. The first kappa shape index (κ1) is 29.5. The van der Waals surface area contributed by atoms with Gasteiger partial charge < -0.3 is 6.92 Å². The summed E-state index contributed by atoms with van der Waals surface area (Å²) >= 11 is 0. The van der Waals surface area contributed by atoms with Crippen LogP contribution in [0.25, 0.3) is 0 Å². The summed E-state index contributed by atoms with van der Waals surface area (Å²) in [5.74, 6) is 0. The van der Waals surface area contributed by atoms with Crippen LogP contribution < -0.4 is 0 Å². The summed E-state index contributed by atoms with van der Waals surface area (Å²) in [5.41, 5.74) is 0. The summed E-state index contributed by atoms with van der Waals surface area (Å²) in [5, 5.41) is 0. The third-order valence-corrected chi connectivity index (χ3v) is 1.67. The minimum atomic E-state index is 0. The largest absolute Gasteiger partial charge is 2.00 e. The predicted octanol–water partition coefficient (Wildman–Crippen LogP) is 3.90. The van der Waals surface area contributed by atoms with Gasteiger partial charge >= 0.3 is 16.5 Å². The van der Waals surface area contributed by atoms with Crippen molar-refractivity contribution in [2.75, 3.05) is 0 Å². The maximum atomic E-state index is 3.25. The van der Waals surface area contributed by atoms with Gasteiger partial charge in [-0.3, -0.25) is 0 Å². The van der Waals surface area contributed by atoms with Crippen LogP contribution in [0, 0.1) is 103 Å². The van der Waals surface area contributed by atoms with Crippen molar-refractivity contribution in [1.29, 1.82) is 0 Å². The molecule has 0 nitrogen and oxygen atoms in total. The second kappa shape index (κ2) is 28.6. The smallest absolute Gasteiger partial charge is 0.346 e. The molecule has 3 aliphatic rings. The summed E-state index contributed by atoms with van der Waals surface area (Å²) in [6, 6.07) is 0. The molecule has 0 atom stereocenters. The third kappa shape index (κ3) is 24.5. The molecule has 0 N–H and O–H groups in total. The molecule has 0 aromatic carbocycles. The molecule has 15 radical (unpaired) electrons.